The van der Waals surface area contributed by atoms with Crippen LogP contribution in [0.5, 0.6) is 0 Å². The fourth-order valence-corrected chi connectivity index (χ4v) is 3.48. The zero-order chi connectivity index (χ0) is 24.5. The monoisotopic (exact) mass is 472 g/mol. The number of alkyl halides is 6. The van der Waals surface area contributed by atoms with Crippen molar-refractivity contribution in [3.63, 3.8) is 0 Å². The van der Waals surface area contributed by atoms with Crippen LogP contribution in [0, 0.1) is 0 Å². The molecule has 0 saturated heterocycles. The number of rotatable bonds is 4. The zero-order valence-corrected chi connectivity index (χ0v) is 17.2. The van der Waals surface area contributed by atoms with Gasteiger partial charge in [-0.2, -0.15) is 26.3 Å². The van der Waals surface area contributed by atoms with Crippen LogP contribution in [0.25, 0.3) is 22.3 Å². The summed E-state index contributed by atoms with van der Waals surface area (Å²) in [6.45, 7) is 0. The minimum Gasteiger partial charge on any atom is -0.285 e. The number of pyridine rings is 2. The van der Waals surface area contributed by atoms with Crippen molar-refractivity contribution in [2.24, 2.45) is 0 Å². The lowest BCUT2D eigenvalue weighted by atomic mass is 9.95. The van der Waals surface area contributed by atoms with Crippen molar-refractivity contribution in [1.29, 1.82) is 0 Å². The van der Waals surface area contributed by atoms with Crippen molar-refractivity contribution in [2.75, 3.05) is 0 Å². The summed E-state index contributed by atoms with van der Waals surface area (Å²) in [4.78, 5) is 21.6. The molecule has 172 valence electrons. The highest BCUT2D eigenvalue weighted by Gasteiger charge is 2.32. The predicted molar refractivity (Wildman–Crippen MR) is 113 cm³/mol. The Morgan fingerprint density at radius 1 is 0.588 bits per heavy atom. The molecule has 0 bridgehead atoms. The Labute approximate surface area is 189 Å². The fourth-order valence-electron chi connectivity index (χ4n) is 3.48. The van der Waals surface area contributed by atoms with E-state index in [4.69, 9.17) is 0 Å². The smallest absolute Gasteiger partial charge is 0.285 e. The largest absolute Gasteiger partial charge is 0.416 e. The topological polar surface area (TPSA) is 42.9 Å². The van der Waals surface area contributed by atoms with E-state index in [2.05, 4.69) is 9.97 Å². The van der Waals surface area contributed by atoms with Gasteiger partial charge >= 0.3 is 12.4 Å². The van der Waals surface area contributed by atoms with Crippen LogP contribution in [0.1, 0.15) is 27.3 Å². The number of carbonyl (C=O) groups excluding carboxylic acids is 1. The summed E-state index contributed by atoms with van der Waals surface area (Å²) in [6, 6.07) is 14.7. The first-order valence-electron chi connectivity index (χ1n) is 9.86. The first-order valence-corrected chi connectivity index (χ1v) is 9.86. The molecule has 0 radical (unpaired) electrons. The summed E-state index contributed by atoms with van der Waals surface area (Å²) < 4.78 is 79.2. The summed E-state index contributed by atoms with van der Waals surface area (Å²) >= 11 is 0. The lowest BCUT2D eigenvalue weighted by Crippen LogP contribution is -2.11. The van der Waals surface area contributed by atoms with Gasteiger partial charge in [0.2, 0.25) is 5.78 Å². The third-order valence-corrected chi connectivity index (χ3v) is 5.05. The molecule has 0 unspecified atom stereocenters. The maximum absolute atomic E-state index is 13.4. The van der Waals surface area contributed by atoms with Crippen LogP contribution in [0.2, 0.25) is 0 Å². The Hall–Kier alpha value is -4.01. The first-order chi connectivity index (χ1) is 16.1. The van der Waals surface area contributed by atoms with E-state index in [1.807, 2.05) is 0 Å². The second kappa shape index (κ2) is 8.74. The van der Waals surface area contributed by atoms with Crippen LogP contribution in [-0.2, 0) is 12.4 Å². The molecule has 0 spiro atoms. The molecule has 2 aromatic carbocycles. The average molecular weight is 472 g/mol. The molecule has 2 heterocycles. The van der Waals surface area contributed by atoms with Crippen LogP contribution in [0.15, 0.2) is 85.2 Å². The maximum atomic E-state index is 13.4. The van der Waals surface area contributed by atoms with Gasteiger partial charge in [-0.1, -0.05) is 36.4 Å². The number of ketones is 1. The maximum Gasteiger partial charge on any atom is 0.416 e. The van der Waals surface area contributed by atoms with Gasteiger partial charge in [-0.05, 0) is 47.5 Å². The van der Waals surface area contributed by atoms with E-state index in [9.17, 15) is 31.1 Å². The summed E-state index contributed by atoms with van der Waals surface area (Å²) in [7, 11) is 0. The minimum absolute atomic E-state index is 0.114. The predicted octanol–water partition coefficient (Wildman–Crippen LogP) is 7.08. The van der Waals surface area contributed by atoms with Gasteiger partial charge in [0.25, 0.3) is 0 Å². The lowest BCUT2D eigenvalue weighted by Gasteiger charge is -2.13. The highest BCUT2D eigenvalue weighted by atomic mass is 19.4. The molecule has 34 heavy (non-hydrogen) atoms. The number of nitrogens with zero attached hydrogens (tertiary/aromatic N) is 2. The number of carbonyl (C=O) groups is 1. The third-order valence-electron chi connectivity index (χ3n) is 5.05. The van der Waals surface area contributed by atoms with Gasteiger partial charge in [0.05, 0.1) is 11.1 Å². The van der Waals surface area contributed by atoms with E-state index >= 15 is 0 Å². The van der Waals surface area contributed by atoms with Crippen LogP contribution in [0.4, 0.5) is 26.3 Å². The van der Waals surface area contributed by atoms with Gasteiger partial charge in [0.1, 0.15) is 11.4 Å². The second-order valence-corrected chi connectivity index (χ2v) is 7.29. The number of hydrogen-bond acceptors (Lipinski definition) is 3. The molecule has 0 amide bonds. The molecule has 0 aliphatic rings. The summed E-state index contributed by atoms with van der Waals surface area (Å²) in [5, 5.41) is 0. The standard InChI is InChI=1S/C25H14F6N2O/c26-24(27,28)17-7-1-5-15(13-17)19-9-3-11-32-21(19)23(34)22-20(10-4-12-33-22)16-6-2-8-18(14-16)25(29,30)31/h1-14H. The number of benzene rings is 2. The Bertz CT molecular complexity index is 1260. The van der Waals surface area contributed by atoms with Gasteiger partial charge in [0, 0.05) is 23.5 Å². The Morgan fingerprint density at radius 3 is 1.38 bits per heavy atom. The van der Waals surface area contributed by atoms with Crippen molar-refractivity contribution in [1.82, 2.24) is 9.97 Å². The van der Waals surface area contributed by atoms with E-state index in [1.165, 1.54) is 60.9 Å². The molecular weight excluding hydrogens is 458 g/mol. The number of halogens is 6. The molecule has 0 aliphatic carbocycles. The average Bonchev–Trinajstić information content (AvgIpc) is 2.83. The van der Waals surface area contributed by atoms with Crippen LogP contribution in [-0.4, -0.2) is 15.8 Å². The number of aromatic nitrogens is 2. The van der Waals surface area contributed by atoms with Gasteiger partial charge in [-0.15, -0.1) is 0 Å². The Morgan fingerprint density at radius 2 is 1.00 bits per heavy atom. The van der Waals surface area contributed by atoms with Crippen LogP contribution in [0.3, 0.4) is 0 Å². The summed E-state index contributed by atoms with van der Waals surface area (Å²) in [6.07, 6.45) is -6.56. The van der Waals surface area contributed by atoms with Gasteiger partial charge < -0.3 is 0 Å². The zero-order valence-electron chi connectivity index (χ0n) is 17.2. The lowest BCUT2D eigenvalue weighted by molar-refractivity contribution is -0.138. The van der Waals surface area contributed by atoms with E-state index in [1.54, 1.807) is 0 Å². The second-order valence-electron chi connectivity index (χ2n) is 7.29. The van der Waals surface area contributed by atoms with Crippen LogP contribution >= 0.6 is 0 Å². The van der Waals surface area contributed by atoms with E-state index in [-0.39, 0.29) is 33.6 Å². The van der Waals surface area contributed by atoms with E-state index < -0.39 is 29.3 Å². The van der Waals surface area contributed by atoms with Crippen molar-refractivity contribution >= 4 is 5.78 Å². The molecule has 0 N–H and O–H groups in total. The first kappa shape index (κ1) is 23.2. The van der Waals surface area contributed by atoms with Gasteiger partial charge in [-0.25, -0.2) is 0 Å². The summed E-state index contributed by atoms with van der Waals surface area (Å²) in [5.74, 6) is -0.735. The molecule has 9 heteroatoms. The minimum atomic E-state index is -4.58. The highest BCUT2D eigenvalue weighted by Crippen LogP contribution is 2.35. The van der Waals surface area contributed by atoms with E-state index in [0.29, 0.717) is 0 Å². The van der Waals surface area contributed by atoms with Crippen molar-refractivity contribution < 1.29 is 31.1 Å². The molecule has 0 fully saturated rings. The highest BCUT2D eigenvalue weighted by molar-refractivity contribution is 6.13. The normalized spacial score (nSPS) is 11.9. The number of hydrogen-bond donors (Lipinski definition) is 0. The van der Waals surface area contributed by atoms with Crippen LogP contribution < -0.4 is 0 Å². The quantitative estimate of drug-likeness (QED) is 0.236. The fraction of sp³-hybridized carbons (Fsp3) is 0.0800. The molecule has 4 rings (SSSR count). The molecular formula is C25H14F6N2O. The molecule has 0 atom stereocenters. The molecule has 2 aromatic heterocycles. The van der Waals surface area contributed by atoms with Crippen molar-refractivity contribution in [3.8, 4) is 22.3 Å². The Kier molecular flexibility index (Phi) is 5.95. The third kappa shape index (κ3) is 4.68. The summed E-state index contributed by atoms with van der Waals surface area (Å²) in [5.41, 5.74) is -1.63. The van der Waals surface area contributed by atoms with Gasteiger partial charge in [-0.3, -0.25) is 14.8 Å². The SMILES string of the molecule is O=C(c1ncccc1-c1cccc(C(F)(F)F)c1)c1ncccc1-c1cccc(C(F)(F)F)c1. The molecule has 0 aliphatic heterocycles. The molecule has 3 nitrogen and oxygen atoms in total. The van der Waals surface area contributed by atoms with Crippen molar-refractivity contribution in [3.05, 3.63) is 108 Å². The van der Waals surface area contributed by atoms with E-state index in [0.717, 1.165) is 24.3 Å². The molecule has 0 saturated carbocycles. The van der Waals surface area contributed by atoms with Crippen molar-refractivity contribution in [2.45, 2.75) is 12.4 Å². The molecule has 4 aromatic rings. The Balaban J connectivity index is 1.82. The van der Waals surface area contributed by atoms with Gasteiger partial charge in [0.15, 0.2) is 0 Å².